The quantitative estimate of drug-likeness (QED) is 0.564. The molecule has 0 atom stereocenters. The summed E-state index contributed by atoms with van der Waals surface area (Å²) in [7, 11) is 0. The van der Waals surface area contributed by atoms with Crippen molar-refractivity contribution in [3.63, 3.8) is 0 Å². The van der Waals surface area contributed by atoms with E-state index >= 15 is 0 Å². The van der Waals surface area contributed by atoms with Crippen molar-refractivity contribution in [2.24, 2.45) is 0 Å². The molecule has 7 heteroatoms. The number of piperidine rings is 1. The molecule has 1 N–H and O–H groups in total. The number of nitrogens with one attached hydrogen (secondary N) is 1. The van der Waals surface area contributed by atoms with Crippen molar-refractivity contribution in [3.05, 3.63) is 69.7 Å². The van der Waals surface area contributed by atoms with E-state index in [1.807, 2.05) is 34.5 Å². The zero-order valence-corrected chi connectivity index (χ0v) is 17.4. The Balaban J connectivity index is 1.38. The van der Waals surface area contributed by atoms with Crippen LogP contribution in [0.3, 0.4) is 0 Å². The minimum Gasteiger partial charge on any atom is -0.382 e. The third-order valence-corrected chi connectivity index (χ3v) is 6.45. The molecular weight excluding hydrogens is 413 g/mol. The van der Waals surface area contributed by atoms with Crippen LogP contribution in [-0.4, -0.2) is 34.9 Å². The zero-order valence-electron chi connectivity index (χ0n) is 15.1. The van der Waals surface area contributed by atoms with Crippen molar-refractivity contribution < 1.29 is 4.79 Å². The molecule has 28 heavy (non-hydrogen) atoms. The van der Waals surface area contributed by atoms with Crippen LogP contribution in [0.2, 0.25) is 10.0 Å². The van der Waals surface area contributed by atoms with Crippen LogP contribution in [0.25, 0.3) is 10.6 Å². The van der Waals surface area contributed by atoms with Gasteiger partial charge in [-0.2, -0.15) is 0 Å². The summed E-state index contributed by atoms with van der Waals surface area (Å²) in [4.78, 5) is 19.2. The number of aromatic nitrogens is 1. The van der Waals surface area contributed by atoms with E-state index < -0.39 is 0 Å². The fraction of sp³-hybridized carbons (Fsp3) is 0.238. The summed E-state index contributed by atoms with van der Waals surface area (Å²) >= 11 is 13.5. The molecule has 2 aromatic carbocycles. The number of anilines is 1. The fourth-order valence-corrected chi connectivity index (χ4v) is 4.38. The van der Waals surface area contributed by atoms with Crippen molar-refractivity contribution in [3.8, 4) is 10.6 Å². The van der Waals surface area contributed by atoms with E-state index in [1.54, 1.807) is 12.1 Å². The van der Waals surface area contributed by atoms with Gasteiger partial charge in [-0.1, -0.05) is 47.5 Å². The summed E-state index contributed by atoms with van der Waals surface area (Å²) < 4.78 is 0. The highest BCUT2D eigenvalue weighted by atomic mass is 35.5. The van der Waals surface area contributed by atoms with E-state index in [0.29, 0.717) is 21.8 Å². The van der Waals surface area contributed by atoms with Crippen LogP contribution < -0.4 is 5.32 Å². The Morgan fingerprint density at radius 1 is 1.07 bits per heavy atom. The number of amides is 1. The zero-order chi connectivity index (χ0) is 19.5. The molecule has 4 rings (SSSR count). The fourth-order valence-electron chi connectivity index (χ4n) is 3.29. The molecule has 3 aromatic rings. The summed E-state index contributed by atoms with van der Waals surface area (Å²) in [6, 6.07) is 15.9. The van der Waals surface area contributed by atoms with Crippen LogP contribution in [0.5, 0.6) is 0 Å². The number of likely N-dealkylation sites (tertiary alicyclic amines) is 1. The normalized spacial score (nSPS) is 14.9. The molecule has 144 valence electrons. The molecule has 4 nitrogen and oxygen atoms in total. The lowest BCUT2D eigenvalue weighted by atomic mass is 10.0. The van der Waals surface area contributed by atoms with Crippen molar-refractivity contribution >= 4 is 46.1 Å². The van der Waals surface area contributed by atoms with Gasteiger partial charge in [0.2, 0.25) is 0 Å². The summed E-state index contributed by atoms with van der Waals surface area (Å²) in [6.45, 7) is 1.45. The SMILES string of the molecule is O=C(c1csc(-c2ccc(Cl)c(Cl)c2)n1)N1CCC(Nc2ccccc2)CC1. The van der Waals surface area contributed by atoms with E-state index in [4.69, 9.17) is 23.2 Å². The summed E-state index contributed by atoms with van der Waals surface area (Å²) in [5.74, 6) is -0.0132. The van der Waals surface area contributed by atoms with Crippen molar-refractivity contribution in [1.82, 2.24) is 9.88 Å². The van der Waals surface area contributed by atoms with E-state index in [-0.39, 0.29) is 5.91 Å². The predicted molar refractivity (Wildman–Crippen MR) is 117 cm³/mol. The maximum atomic E-state index is 12.8. The van der Waals surface area contributed by atoms with Gasteiger partial charge in [0, 0.05) is 35.8 Å². The second-order valence-corrected chi connectivity index (χ2v) is 8.42. The van der Waals surface area contributed by atoms with Crippen LogP contribution in [0, 0.1) is 0 Å². The van der Waals surface area contributed by atoms with Crippen molar-refractivity contribution in [2.45, 2.75) is 18.9 Å². The lowest BCUT2D eigenvalue weighted by molar-refractivity contribution is 0.0713. The van der Waals surface area contributed by atoms with Crippen molar-refractivity contribution in [2.75, 3.05) is 18.4 Å². The highest BCUT2D eigenvalue weighted by Gasteiger charge is 2.25. The number of carbonyl (C=O) groups is 1. The van der Waals surface area contributed by atoms with Gasteiger partial charge < -0.3 is 10.2 Å². The molecule has 1 fully saturated rings. The molecule has 1 aliphatic rings. The third-order valence-electron chi connectivity index (χ3n) is 4.82. The summed E-state index contributed by atoms with van der Waals surface area (Å²) in [5.41, 5.74) is 2.47. The van der Waals surface area contributed by atoms with Gasteiger partial charge in [-0.05, 0) is 37.1 Å². The van der Waals surface area contributed by atoms with Crippen molar-refractivity contribution in [1.29, 1.82) is 0 Å². The third kappa shape index (κ3) is 4.32. The number of halogens is 2. The van der Waals surface area contributed by atoms with Crippen LogP contribution in [0.15, 0.2) is 53.9 Å². The van der Waals surface area contributed by atoms with Gasteiger partial charge in [-0.15, -0.1) is 11.3 Å². The second-order valence-electron chi connectivity index (χ2n) is 6.74. The van der Waals surface area contributed by atoms with Crippen LogP contribution in [-0.2, 0) is 0 Å². The smallest absolute Gasteiger partial charge is 0.273 e. The van der Waals surface area contributed by atoms with Gasteiger partial charge in [-0.25, -0.2) is 4.98 Å². The number of thiazole rings is 1. The Bertz CT molecular complexity index is 969. The van der Waals surface area contributed by atoms with Gasteiger partial charge in [0.15, 0.2) is 0 Å². The number of hydrogen-bond acceptors (Lipinski definition) is 4. The summed E-state index contributed by atoms with van der Waals surface area (Å²) in [6.07, 6.45) is 1.84. The average molecular weight is 432 g/mol. The molecule has 0 unspecified atom stereocenters. The van der Waals surface area contributed by atoms with E-state index in [1.165, 1.54) is 11.3 Å². The topological polar surface area (TPSA) is 45.2 Å². The highest BCUT2D eigenvalue weighted by molar-refractivity contribution is 7.13. The molecule has 2 heterocycles. The second kappa shape index (κ2) is 8.52. The van der Waals surface area contributed by atoms with Gasteiger partial charge in [0.25, 0.3) is 5.91 Å². The van der Waals surface area contributed by atoms with Gasteiger partial charge in [0.05, 0.1) is 10.0 Å². The number of nitrogens with zero attached hydrogens (tertiary/aromatic N) is 2. The maximum absolute atomic E-state index is 12.8. The molecule has 0 saturated carbocycles. The number of para-hydroxylation sites is 1. The molecule has 1 aromatic heterocycles. The molecule has 1 aliphatic heterocycles. The van der Waals surface area contributed by atoms with Crippen LogP contribution in [0.4, 0.5) is 5.69 Å². The first-order chi connectivity index (χ1) is 13.6. The molecule has 0 radical (unpaired) electrons. The first-order valence-electron chi connectivity index (χ1n) is 9.12. The van der Waals surface area contributed by atoms with Gasteiger partial charge >= 0.3 is 0 Å². The molecule has 1 amide bonds. The van der Waals surface area contributed by atoms with E-state index in [0.717, 1.165) is 42.2 Å². The van der Waals surface area contributed by atoms with Crippen LogP contribution >= 0.6 is 34.5 Å². The number of rotatable bonds is 4. The predicted octanol–water partition coefficient (Wildman–Crippen LogP) is 5.83. The first-order valence-corrected chi connectivity index (χ1v) is 10.8. The minimum atomic E-state index is -0.0132. The largest absolute Gasteiger partial charge is 0.382 e. The minimum absolute atomic E-state index is 0.0132. The lowest BCUT2D eigenvalue weighted by Crippen LogP contribution is -2.42. The highest BCUT2D eigenvalue weighted by Crippen LogP contribution is 2.30. The van der Waals surface area contributed by atoms with Gasteiger partial charge in [0.1, 0.15) is 10.7 Å². The molecule has 0 aliphatic carbocycles. The Morgan fingerprint density at radius 2 is 1.82 bits per heavy atom. The number of carbonyl (C=O) groups excluding carboxylic acids is 1. The Labute approximate surface area is 178 Å². The van der Waals surface area contributed by atoms with Crippen LogP contribution in [0.1, 0.15) is 23.3 Å². The summed E-state index contributed by atoms with van der Waals surface area (Å²) in [5, 5.41) is 7.11. The molecule has 0 spiro atoms. The number of benzene rings is 2. The molecule has 0 bridgehead atoms. The maximum Gasteiger partial charge on any atom is 0.273 e. The molecular formula is C21H19Cl2N3OS. The lowest BCUT2D eigenvalue weighted by Gasteiger charge is -2.32. The Hall–Kier alpha value is -2.08. The Kier molecular flexibility index (Phi) is 5.85. The van der Waals surface area contributed by atoms with E-state index in [2.05, 4.69) is 22.4 Å². The monoisotopic (exact) mass is 431 g/mol. The van der Waals surface area contributed by atoms with E-state index in [9.17, 15) is 4.79 Å². The Morgan fingerprint density at radius 3 is 2.54 bits per heavy atom. The van der Waals surface area contributed by atoms with Gasteiger partial charge in [-0.3, -0.25) is 4.79 Å². The first kappa shape index (κ1) is 19.2. The molecule has 1 saturated heterocycles. The average Bonchev–Trinajstić information content (AvgIpc) is 3.21. The standard InChI is InChI=1S/C21H19Cl2N3OS/c22-17-7-6-14(12-18(17)23)20-25-19(13-28-20)21(27)26-10-8-16(9-11-26)24-15-4-2-1-3-5-15/h1-7,12-13,16,24H,8-11H2. The number of hydrogen-bond donors (Lipinski definition) is 1.